The molecule has 0 bridgehead atoms. The molecule has 0 amide bonds. The van der Waals surface area contributed by atoms with Gasteiger partial charge in [-0.3, -0.25) is 4.72 Å². The van der Waals surface area contributed by atoms with Crippen LogP contribution in [0.2, 0.25) is 0 Å². The van der Waals surface area contributed by atoms with Gasteiger partial charge >= 0.3 is 0 Å². The molecule has 7 nitrogen and oxygen atoms in total. The third-order valence-corrected chi connectivity index (χ3v) is 5.94. The summed E-state index contributed by atoms with van der Waals surface area (Å²) < 4.78 is 28.1. The van der Waals surface area contributed by atoms with Crippen LogP contribution in [0.3, 0.4) is 0 Å². The molecule has 0 radical (unpaired) electrons. The number of nitrogens with zero attached hydrogens (tertiary/aromatic N) is 3. The summed E-state index contributed by atoms with van der Waals surface area (Å²) in [5, 5.41) is 10.3. The van der Waals surface area contributed by atoms with Crippen LogP contribution in [0, 0.1) is 0 Å². The first kappa shape index (κ1) is 17.7. The van der Waals surface area contributed by atoms with Crippen molar-refractivity contribution < 1.29 is 13.5 Å². The number of aromatic nitrogens is 2. The van der Waals surface area contributed by atoms with Gasteiger partial charge in [-0.25, -0.2) is 18.4 Å². The van der Waals surface area contributed by atoms with Crippen LogP contribution >= 0.6 is 0 Å². The van der Waals surface area contributed by atoms with E-state index in [4.69, 9.17) is 0 Å². The van der Waals surface area contributed by atoms with Gasteiger partial charge in [0.25, 0.3) is 10.0 Å². The van der Waals surface area contributed by atoms with E-state index in [0.29, 0.717) is 36.4 Å². The van der Waals surface area contributed by atoms with E-state index in [-0.39, 0.29) is 10.7 Å². The van der Waals surface area contributed by atoms with Crippen molar-refractivity contribution in [1.29, 1.82) is 0 Å². The highest BCUT2D eigenvalue weighted by molar-refractivity contribution is 7.92. The third kappa shape index (κ3) is 3.58. The average molecular weight is 384 g/mol. The van der Waals surface area contributed by atoms with Gasteiger partial charge in [-0.1, -0.05) is 30.3 Å². The molecule has 1 fully saturated rings. The molecule has 0 saturated carbocycles. The molecule has 1 unspecified atom stereocenters. The van der Waals surface area contributed by atoms with Gasteiger partial charge < -0.3 is 10.0 Å². The second kappa shape index (κ2) is 6.47. The Morgan fingerprint density at radius 3 is 2.30 bits per heavy atom. The van der Waals surface area contributed by atoms with Crippen molar-refractivity contribution in [3.05, 3.63) is 54.6 Å². The van der Waals surface area contributed by atoms with E-state index in [2.05, 4.69) is 14.7 Å². The highest BCUT2D eigenvalue weighted by atomic mass is 32.2. The molecule has 0 aliphatic carbocycles. The van der Waals surface area contributed by atoms with Crippen LogP contribution in [-0.4, -0.2) is 42.2 Å². The number of nitrogens with one attached hydrogen (secondary N) is 1. The molecule has 1 saturated heterocycles. The topological polar surface area (TPSA) is 95.4 Å². The smallest absolute Gasteiger partial charge is 0.263 e. The number of hydrogen-bond acceptors (Lipinski definition) is 6. The van der Waals surface area contributed by atoms with Crippen LogP contribution in [0.15, 0.2) is 59.5 Å². The lowest BCUT2D eigenvalue weighted by atomic mass is 10.1. The predicted octanol–water partition coefficient (Wildman–Crippen LogP) is 2.39. The first-order valence-electron chi connectivity index (χ1n) is 8.66. The number of anilines is 2. The lowest BCUT2D eigenvalue weighted by Crippen LogP contribution is -2.31. The SMILES string of the molecule is CC1(O)CCN(c2nc3ccccc3nc2NS(=O)(=O)c2ccccc2)C1. The third-order valence-electron chi connectivity index (χ3n) is 4.59. The van der Waals surface area contributed by atoms with Gasteiger partial charge in [-0.15, -0.1) is 0 Å². The Labute approximate surface area is 157 Å². The monoisotopic (exact) mass is 384 g/mol. The maximum absolute atomic E-state index is 12.8. The normalized spacial score (nSPS) is 20.1. The van der Waals surface area contributed by atoms with Crippen molar-refractivity contribution in [3.8, 4) is 0 Å². The molecule has 140 valence electrons. The Hall–Kier alpha value is -2.71. The molecule has 2 heterocycles. The van der Waals surface area contributed by atoms with E-state index in [1.54, 1.807) is 31.2 Å². The lowest BCUT2D eigenvalue weighted by Gasteiger charge is -2.22. The Balaban J connectivity index is 1.80. The van der Waals surface area contributed by atoms with Crippen molar-refractivity contribution in [2.24, 2.45) is 0 Å². The Kier molecular flexibility index (Phi) is 4.24. The number of para-hydroxylation sites is 2. The van der Waals surface area contributed by atoms with Gasteiger partial charge in [0.05, 0.1) is 21.5 Å². The van der Waals surface area contributed by atoms with Gasteiger partial charge in [-0.2, -0.15) is 0 Å². The summed E-state index contributed by atoms with van der Waals surface area (Å²) in [5.41, 5.74) is 0.419. The summed E-state index contributed by atoms with van der Waals surface area (Å²) in [6.07, 6.45) is 0.576. The van der Waals surface area contributed by atoms with E-state index < -0.39 is 15.6 Å². The van der Waals surface area contributed by atoms with E-state index >= 15 is 0 Å². The van der Waals surface area contributed by atoms with Crippen LogP contribution in [0.5, 0.6) is 0 Å². The summed E-state index contributed by atoms with van der Waals surface area (Å²) in [5.74, 6) is 0.584. The van der Waals surface area contributed by atoms with Crippen molar-refractivity contribution in [2.75, 3.05) is 22.7 Å². The highest BCUT2D eigenvalue weighted by Gasteiger charge is 2.34. The van der Waals surface area contributed by atoms with Crippen molar-refractivity contribution in [3.63, 3.8) is 0 Å². The van der Waals surface area contributed by atoms with E-state index in [1.807, 2.05) is 23.1 Å². The molecule has 2 N–H and O–H groups in total. The molecule has 1 aliphatic rings. The zero-order chi connectivity index (χ0) is 19.1. The minimum Gasteiger partial charge on any atom is -0.388 e. The second-order valence-corrected chi connectivity index (χ2v) is 8.65. The second-order valence-electron chi connectivity index (χ2n) is 6.97. The van der Waals surface area contributed by atoms with E-state index in [0.717, 1.165) is 0 Å². The molecule has 1 aliphatic heterocycles. The Morgan fingerprint density at radius 1 is 1.04 bits per heavy atom. The van der Waals surface area contributed by atoms with Crippen LogP contribution in [-0.2, 0) is 10.0 Å². The minimum atomic E-state index is -3.80. The van der Waals surface area contributed by atoms with Crippen LogP contribution < -0.4 is 9.62 Å². The molecule has 4 rings (SSSR count). The fourth-order valence-electron chi connectivity index (χ4n) is 3.19. The Morgan fingerprint density at radius 2 is 1.67 bits per heavy atom. The lowest BCUT2D eigenvalue weighted by molar-refractivity contribution is 0.0839. The summed E-state index contributed by atoms with van der Waals surface area (Å²) in [6, 6.07) is 15.4. The molecule has 2 aromatic carbocycles. The Bertz CT molecular complexity index is 1080. The number of β-amino-alcohol motifs (C(OH)–C–C–N with tert-alkyl or cyclic N) is 1. The zero-order valence-corrected chi connectivity index (χ0v) is 15.6. The molecule has 27 heavy (non-hydrogen) atoms. The van der Waals surface area contributed by atoms with Gasteiger partial charge in [0.2, 0.25) is 0 Å². The molecule has 0 spiro atoms. The molecule has 8 heteroatoms. The van der Waals surface area contributed by atoms with Gasteiger partial charge in [0.15, 0.2) is 11.6 Å². The molecule has 3 aromatic rings. The summed E-state index contributed by atoms with van der Waals surface area (Å²) >= 11 is 0. The average Bonchev–Trinajstić information content (AvgIpc) is 3.01. The number of aliphatic hydroxyl groups is 1. The van der Waals surface area contributed by atoms with E-state index in [1.165, 1.54) is 12.1 Å². The maximum Gasteiger partial charge on any atom is 0.263 e. The van der Waals surface area contributed by atoms with Crippen LogP contribution in [0.4, 0.5) is 11.6 Å². The molecule has 1 atom stereocenters. The summed E-state index contributed by atoms with van der Waals surface area (Å²) in [7, 11) is -3.80. The highest BCUT2D eigenvalue weighted by Crippen LogP contribution is 2.32. The van der Waals surface area contributed by atoms with Crippen molar-refractivity contribution in [2.45, 2.75) is 23.8 Å². The quantitative estimate of drug-likeness (QED) is 0.717. The molecule has 1 aromatic heterocycles. The fraction of sp³-hybridized carbons (Fsp3) is 0.263. The number of benzene rings is 2. The van der Waals surface area contributed by atoms with Gasteiger partial charge in [0.1, 0.15) is 0 Å². The minimum absolute atomic E-state index is 0.152. The van der Waals surface area contributed by atoms with Crippen molar-refractivity contribution in [1.82, 2.24) is 9.97 Å². The predicted molar refractivity (Wildman–Crippen MR) is 104 cm³/mol. The van der Waals surface area contributed by atoms with Gasteiger partial charge in [0, 0.05) is 13.1 Å². The maximum atomic E-state index is 12.8. The number of sulfonamides is 1. The van der Waals surface area contributed by atoms with Crippen LogP contribution in [0.25, 0.3) is 11.0 Å². The van der Waals surface area contributed by atoms with Crippen LogP contribution in [0.1, 0.15) is 13.3 Å². The van der Waals surface area contributed by atoms with Gasteiger partial charge in [-0.05, 0) is 37.6 Å². The molecular weight excluding hydrogens is 364 g/mol. The zero-order valence-electron chi connectivity index (χ0n) is 14.8. The largest absolute Gasteiger partial charge is 0.388 e. The standard InChI is InChI=1S/C19H20N4O3S/c1-19(24)11-12-23(13-19)18-17(20-15-9-5-6-10-16(15)21-18)22-27(25,26)14-7-3-2-4-8-14/h2-10,24H,11-13H2,1H3,(H,20,22). The summed E-state index contributed by atoms with van der Waals surface area (Å²) in [4.78, 5) is 11.1. The first-order chi connectivity index (χ1) is 12.8. The first-order valence-corrected chi connectivity index (χ1v) is 10.1. The van der Waals surface area contributed by atoms with Crippen molar-refractivity contribution >= 4 is 32.7 Å². The number of hydrogen-bond donors (Lipinski definition) is 2. The molecular formula is C19H20N4O3S. The summed E-state index contributed by atoms with van der Waals surface area (Å²) in [6.45, 7) is 2.69. The number of fused-ring (bicyclic) bond motifs is 1. The number of rotatable bonds is 4. The fourth-order valence-corrected chi connectivity index (χ4v) is 4.22. The van der Waals surface area contributed by atoms with E-state index in [9.17, 15) is 13.5 Å².